The molecule has 0 fully saturated rings. The third kappa shape index (κ3) is 6.42. The number of benzene rings is 6. The van der Waals surface area contributed by atoms with Crippen LogP contribution in [0.4, 0.5) is 0 Å². The van der Waals surface area contributed by atoms with Crippen LogP contribution in [0.5, 0.6) is 0 Å². The highest BCUT2D eigenvalue weighted by atomic mass is 79.9. The van der Waals surface area contributed by atoms with Crippen LogP contribution in [0.25, 0.3) is 66.6 Å². The quantitative estimate of drug-likeness (QED) is 0.167. The van der Waals surface area contributed by atoms with Gasteiger partial charge in [0.15, 0.2) is 0 Å². The van der Waals surface area contributed by atoms with Gasteiger partial charge >= 0.3 is 0 Å². The Labute approximate surface area is 315 Å². The SMILES string of the molecule is Clc1ccc2nc(-c3cccc(Br)c3)c(Sc3c(-c4cccc(Br)c4)nc4ccc(Cl)cc4c3-c3ccccc3)c(-c3ccccc3)c2c1. The van der Waals surface area contributed by atoms with Gasteiger partial charge in [-0.3, -0.25) is 0 Å². The van der Waals surface area contributed by atoms with Crippen LogP contribution < -0.4 is 0 Å². The summed E-state index contributed by atoms with van der Waals surface area (Å²) in [7, 11) is 0. The Balaban J connectivity index is 1.55. The van der Waals surface area contributed by atoms with Crippen molar-refractivity contribution in [2.24, 2.45) is 0 Å². The van der Waals surface area contributed by atoms with Crippen molar-refractivity contribution in [2.45, 2.75) is 9.79 Å². The predicted octanol–water partition coefficient (Wildman–Crippen LogP) is 14.4. The fraction of sp³-hybridized carbons (Fsp3) is 0. The van der Waals surface area contributed by atoms with E-state index < -0.39 is 0 Å². The number of hydrogen-bond donors (Lipinski definition) is 0. The molecule has 0 amide bonds. The first kappa shape index (κ1) is 32.2. The molecule has 0 aliphatic heterocycles. The predicted molar refractivity (Wildman–Crippen MR) is 215 cm³/mol. The summed E-state index contributed by atoms with van der Waals surface area (Å²) in [6.07, 6.45) is 0. The smallest absolute Gasteiger partial charge is 0.0855 e. The summed E-state index contributed by atoms with van der Waals surface area (Å²) in [6.45, 7) is 0. The average Bonchev–Trinajstić information content (AvgIpc) is 3.11. The van der Waals surface area contributed by atoms with Crippen molar-refractivity contribution in [2.75, 3.05) is 0 Å². The van der Waals surface area contributed by atoms with Crippen LogP contribution in [0, 0.1) is 0 Å². The van der Waals surface area contributed by atoms with Crippen LogP contribution in [0.15, 0.2) is 164 Å². The van der Waals surface area contributed by atoms with Crippen LogP contribution in [0.2, 0.25) is 10.0 Å². The van der Waals surface area contributed by atoms with Gasteiger partial charge in [0.1, 0.15) is 0 Å². The highest BCUT2D eigenvalue weighted by molar-refractivity contribution is 9.10. The molecule has 0 saturated heterocycles. The van der Waals surface area contributed by atoms with Crippen molar-refractivity contribution in [3.8, 4) is 44.8 Å². The van der Waals surface area contributed by atoms with Gasteiger partial charge in [-0.25, -0.2) is 9.97 Å². The van der Waals surface area contributed by atoms with Crippen molar-refractivity contribution in [3.05, 3.63) is 165 Å². The summed E-state index contributed by atoms with van der Waals surface area (Å²) < 4.78 is 1.95. The molecule has 0 unspecified atom stereocenters. The summed E-state index contributed by atoms with van der Waals surface area (Å²) >= 11 is 22.5. The van der Waals surface area contributed by atoms with E-state index >= 15 is 0 Å². The number of aromatic nitrogens is 2. The molecule has 2 aromatic heterocycles. The Morgan fingerprint density at radius 2 is 0.837 bits per heavy atom. The molecule has 2 heterocycles. The fourth-order valence-electron chi connectivity index (χ4n) is 6.18. The van der Waals surface area contributed by atoms with Crippen LogP contribution >= 0.6 is 66.8 Å². The van der Waals surface area contributed by atoms with Gasteiger partial charge < -0.3 is 0 Å². The zero-order valence-corrected chi connectivity index (χ0v) is 31.2. The zero-order chi connectivity index (χ0) is 33.5. The van der Waals surface area contributed by atoms with Gasteiger partial charge in [0, 0.05) is 61.8 Å². The molecule has 0 atom stereocenters. The molecular weight excluding hydrogens is 795 g/mol. The third-order valence-electron chi connectivity index (χ3n) is 8.33. The molecule has 8 aromatic rings. The molecule has 2 nitrogen and oxygen atoms in total. The van der Waals surface area contributed by atoms with Crippen LogP contribution in [-0.2, 0) is 0 Å². The van der Waals surface area contributed by atoms with E-state index in [1.807, 2.05) is 72.8 Å². The minimum absolute atomic E-state index is 0.652. The third-order valence-corrected chi connectivity index (χ3v) is 11.0. The maximum absolute atomic E-state index is 6.71. The van der Waals surface area contributed by atoms with E-state index in [1.54, 1.807) is 11.8 Å². The molecule has 7 heteroatoms. The molecule has 0 radical (unpaired) electrons. The minimum atomic E-state index is 0.652. The topological polar surface area (TPSA) is 25.8 Å². The normalized spacial score (nSPS) is 11.3. The Morgan fingerprint density at radius 3 is 1.24 bits per heavy atom. The molecule has 0 aliphatic carbocycles. The Kier molecular flexibility index (Phi) is 9.04. The maximum atomic E-state index is 6.71. The lowest BCUT2D eigenvalue weighted by atomic mass is 9.97. The van der Waals surface area contributed by atoms with Crippen molar-refractivity contribution >= 4 is 88.6 Å². The highest BCUT2D eigenvalue weighted by Gasteiger charge is 2.25. The van der Waals surface area contributed by atoms with E-state index in [4.69, 9.17) is 33.2 Å². The van der Waals surface area contributed by atoms with E-state index in [0.29, 0.717) is 10.0 Å². The summed E-state index contributed by atoms with van der Waals surface area (Å²) in [4.78, 5) is 12.7. The molecule has 0 saturated carbocycles. The van der Waals surface area contributed by atoms with Gasteiger partial charge in [-0.15, -0.1) is 0 Å². The summed E-state index contributed by atoms with van der Waals surface area (Å²) in [5.74, 6) is 0. The first-order chi connectivity index (χ1) is 23.9. The summed E-state index contributed by atoms with van der Waals surface area (Å²) in [6, 6.07) is 49.4. The van der Waals surface area contributed by atoms with E-state index in [-0.39, 0.29) is 0 Å². The first-order valence-corrected chi connectivity index (χ1v) is 18.7. The Hall–Kier alpha value is -3.97. The number of nitrogens with zero attached hydrogens (tertiary/aromatic N) is 2. The Bertz CT molecular complexity index is 2350. The van der Waals surface area contributed by atoms with Crippen molar-refractivity contribution in [3.63, 3.8) is 0 Å². The molecule has 236 valence electrons. The number of pyridine rings is 2. The van der Waals surface area contributed by atoms with Gasteiger partial charge in [0.05, 0.1) is 22.4 Å². The second-order valence-corrected chi connectivity index (χ2v) is 15.2. The van der Waals surface area contributed by atoms with Crippen LogP contribution in [0.3, 0.4) is 0 Å². The minimum Gasteiger partial charge on any atom is -0.247 e. The molecular formula is C42H24Br2Cl2N2S. The van der Waals surface area contributed by atoms with Gasteiger partial charge in [-0.05, 0) is 71.8 Å². The van der Waals surface area contributed by atoms with Crippen LogP contribution in [0.1, 0.15) is 0 Å². The maximum Gasteiger partial charge on any atom is 0.0855 e. The largest absolute Gasteiger partial charge is 0.247 e. The average molecular weight is 819 g/mol. The fourth-order valence-corrected chi connectivity index (χ4v) is 8.71. The Morgan fingerprint density at radius 1 is 0.429 bits per heavy atom. The van der Waals surface area contributed by atoms with E-state index in [1.165, 1.54) is 0 Å². The van der Waals surface area contributed by atoms with Gasteiger partial charge in [-0.2, -0.15) is 0 Å². The second-order valence-electron chi connectivity index (χ2n) is 11.5. The van der Waals surface area contributed by atoms with E-state index in [2.05, 4.69) is 105 Å². The monoisotopic (exact) mass is 816 g/mol. The first-order valence-electron chi connectivity index (χ1n) is 15.5. The lowest BCUT2D eigenvalue weighted by molar-refractivity contribution is 1.27. The molecule has 0 N–H and O–H groups in total. The van der Waals surface area contributed by atoms with Gasteiger partial charge in [-0.1, -0.05) is 152 Å². The lowest BCUT2D eigenvalue weighted by Gasteiger charge is -2.22. The van der Waals surface area contributed by atoms with Gasteiger partial charge in [0.2, 0.25) is 0 Å². The van der Waals surface area contributed by atoms with E-state index in [0.717, 1.165) is 85.3 Å². The van der Waals surface area contributed by atoms with Crippen molar-refractivity contribution in [1.29, 1.82) is 0 Å². The standard InChI is InChI=1S/C42H24Br2Cl2N2S/c43-29-15-7-13-27(21-29)39-41(37(25-9-3-1-4-10-25)33-23-31(45)17-19-35(33)47-39)49-42-38(26-11-5-2-6-12-26)34-24-32(46)18-20-36(34)48-40(42)28-14-8-16-30(44)22-28/h1-24H. The molecule has 0 bridgehead atoms. The molecule has 49 heavy (non-hydrogen) atoms. The van der Waals surface area contributed by atoms with Crippen molar-refractivity contribution in [1.82, 2.24) is 9.97 Å². The highest BCUT2D eigenvalue weighted by Crippen LogP contribution is 2.52. The van der Waals surface area contributed by atoms with Crippen molar-refractivity contribution < 1.29 is 0 Å². The number of halogens is 4. The van der Waals surface area contributed by atoms with Gasteiger partial charge in [0.25, 0.3) is 0 Å². The van der Waals surface area contributed by atoms with Crippen LogP contribution in [-0.4, -0.2) is 9.97 Å². The summed E-state index contributed by atoms with van der Waals surface area (Å²) in [5.41, 5.74) is 9.69. The number of rotatable bonds is 6. The zero-order valence-electron chi connectivity index (χ0n) is 25.7. The molecule has 0 spiro atoms. The number of fused-ring (bicyclic) bond motifs is 2. The molecule has 6 aromatic carbocycles. The number of hydrogen-bond acceptors (Lipinski definition) is 3. The molecule has 0 aliphatic rings. The molecule has 8 rings (SSSR count). The second kappa shape index (κ2) is 13.7. The van der Waals surface area contributed by atoms with E-state index in [9.17, 15) is 0 Å². The lowest BCUT2D eigenvalue weighted by Crippen LogP contribution is -1.99. The summed E-state index contributed by atoms with van der Waals surface area (Å²) in [5, 5.41) is 3.25.